The first-order chi connectivity index (χ1) is 7.25. The SMILES string of the molecule is O=C(NC1CCNC1)C1CCC(O)CC1. The molecule has 1 amide bonds. The van der Waals surface area contributed by atoms with Crippen LogP contribution in [0.2, 0.25) is 0 Å². The van der Waals surface area contributed by atoms with E-state index in [1.807, 2.05) is 0 Å². The first-order valence-corrected chi connectivity index (χ1v) is 5.95. The predicted octanol–water partition coefficient (Wildman–Crippen LogP) is 0.0156. The lowest BCUT2D eigenvalue weighted by molar-refractivity contribution is -0.127. The zero-order valence-corrected chi connectivity index (χ0v) is 9.04. The lowest BCUT2D eigenvalue weighted by Crippen LogP contribution is -2.41. The zero-order chi connectivity index (χ0) is 10.7. The monoisotopic (exact) mass is 212 g/mol. The van der Waals surface area contributed by atoms with Crippen LogP contribution >= 0.6 is 0 Å². The van der Waals surface area contributed by atoms with E-state index in [1.165, 1.54) is 0 Å². The number of amides is 1. The largest absolute Gasteiger partial charge is 0.393 e. The quantitative estimate of drug-likeness (QED) is 0.604. The fraction of sp³-hybridized carbons (Fsp3) is 0.909. The third-order valence-corrected chi connectivity index (χ3v) is 3.47. The molecule has 1 saturated heterocycles. The van der Waals surface area contributed by atoms with Gasteiger partial charge < -0.3 is 15.7 Å². The number of aliphatic hydroxyl groups is 1. The van der Waals surface area contributed by atoms with E-state index in [4.69, 9.17) is 0 Å². The Bertz CT molecular complexity index is 219. The van der Waals surface area contributed by atoms with Crippen LogP contribution in [-0.2, 0) is 4.79 Å². The highest BCUT2D eigenvalue weighted by molar-refractivity contribution is 5.79. The van der Waals surface area contributed by atoms with Crippen LogP contribution in [-0.4, -0.2) is 36.2 Å². The molecule has 0 aromatic rings. The first-order valence-electron chi connectivity index (χ1n) is 5.95. The standard InChI is InChI=1S/C11H20N2O2/c14-10-3-1-8(2-4-10)11(15)13-9-5-6-12-7-9/h8-10,12,14H,1-7H2,(H,13,15). The Morgan fingerprint density at radius 2 is 1.93 bits per heavy atom. The molecule has 2 fully saturated rings. The zero-order valence-electron chi connectivity index (χ0n) is 9.04. The van der Waals surface area contributed by atoms with Crippen molar-refractivity contribution in [3.05, 3.63) is 0 Å². The van der Waals surface area contributed by atoms with E-state index >= 15 is 0 Å². The van der Waals surface area contributed by atoms with Crippen LogP contribution < -0.4 is 10.6 Å². The number of rotatable bonds is 2. The second-order valence-electron chi connectivity index (χ2n) is 4.70. The number of hydrogen-bond donors (Lipinski definition) is 3. The van der Waals surface area contributed by atoms with Gasteiger partial charge in [0, 0.05) is 18.5 Å². The van der Waals surface area contributed by atoms with Crippen LogP contribution in [0.15, 0.2) is 0 Å². The number of nitrogens with one attached hydrogen (secondary N) is 2. The molecular formula is C11H20N2O2. The smallest absolute Gasteiger partial charge is 0.223 e. The molecule has 1 unspecified atom stereocenters. The van der Waals surface area contributed by atoms with Crippen LogP contribution in [0.5, 0.6) is 0 Å². The third kappa shape index (κ3) is 2.92. The molecule has 0 spiro atoms. The van der Waals surface area contributed by atoms with Gasteiger partial charge in [-0.05, 0) is 38.6 Å². The Hall–Kier alpha value is -0.610. The molecule has 3 N–H and O–H groups in total. The molecule has 1 saturated carbocycles. The molecule has 1 aliphatic carbocycles. The molecule has 0 aromatic carbocycles. The second-order valence-corrected chi connectivity index (χ2v) is 4.70. The van der Waals surface area contributed by atoms with E-state index in [9.17, 15) is 9.90 Å². The molecule has 1 aliphatic heterocycles. The van der Waals surface area contributed by atoms with Crippen molar-refractivity contribution < 1.29 is 9.90 Å². The normalized spacial score (nSPS) is 36.5. The second kappa shape index (κ2) is 4.94. The first kappa shape index (κ1) is 10.9. The predicted molar refractivity (Wildman–Crippen MR) is 57.4 cm³/mol. The lowest BCUT2D eigenvalue weighted by Gasteiger charge is -2.25. The van der Waals surface area contributed by atoms with Crippen molar-refractivity contribution in [2.45, 2.75) is 44.2 Å². The van der Waals surface area contributed by atoms with Crippen molar-refractivity contribution in [3.8, 4) is 0 Å². The van der Waals surface area contributed by atoms with Crippen molar-refractivity contribution in [2.75, 3.05) is 13.1 Å². The van der Waals surface area contributed by atoms with Gasteiger partial charge in [0.25, 0.3) is 0 Å². The maximum Gasteiger partial charge on any atom is 0.223 e. The van der Waals surface area contributed by atoms with Gasteiger partial charge in [0.05, 0.1) is 6.10 Å². The number of aliphatic hydroxyl groups excluding tert-OH is 1. The Labute approximate surface area is 90.4 Å². The van der Waals surface area contributed by atoms with Gasteiger partial charge in [-0.2, -0.15) is 0 Å². The Balaban J connectivity index is 1.75. The molecule has 15 heavy (non-hydrogen) atoms. The van der Waals surface area contributed by atoms with Crippen LogP contribution in [0, 0.1) is 5.92 Å². The molecule has 0 radical (unpaired) electrons. The summed E-state index contributed by atoms with van der Waals surface area (Å²) in [5, 5.41) is 15.7. The van der Waals surface area contributed by atoms with E-state index in [1.54, 1.807) is 0 Å². The van der Waals surface area contributed by atoms with Crippen molar-refractivity contribution in [2.24, 2.45) is 5.92 Å². The topological polar surface area (TPSA) is 61.4 Å². The number of hydrogen-bond acceptors (Lipinski definition) is 3. The fourth-order valence-electron chi connectivity index (χ4n) is 2.43. The van der Waals surface area contributed by atoms with Gasteiger partial charge in [-0.1, -0.05) is 0 Å². The fourth-order valence-corrected chi connectivity index (χ4v) is 2.43. The minimum Gasteiger partial charge on any atom is -0.393 e. The van der Waals surface area contributed by atoms with Gasteiger partial charge in [0.15, 0.2) is 0 Å². The van der Waals surface area contributed by atoms with E-state index in [-0.39, 0.29) is 17.9 Å². The van der Waals surface area contributed by atoms with Gasteiger partial charge in [0.2, 0.25) is 5.91 Å². The minimum absolute atomic E-state index is 0.133. The van der Waals surface area contributed by atoms with Crippen molar-refractivity contribution in [1.82, 2.24) is 10.6 Å². The summed E-state index contributed by atoms with van der Waals surface area (Å²) in [5.41, 5.74) is 0. The molecule has 1 atom stereocenters. The average Bonchev–Trinajstić information content (AvgIpc) is 2.71. The van der Waals surface area contributed by atoms with Crippen LogP contribution in [0.25, 0.3) is 0 Å². The van der Waals surface area contributed by atoms with Crippen LogP contribution in [0.1, 0.15) is 32.1 Å². The maximum absolute atomic E-state index is 11.8. The van der Waals surface area contributed by atoms with E-state index in [0.717, 1.165) is 45.2 Å². The Kier molecular flexibility index (Phi) is 3.59. The van der Waals surface area contributed by atoms with Crippen molar-refractivity contribution in [1.29, 1.82) is 0 Å². The third-order valence-electron chi connectivity index (χ3n) is 3.47. The van der Waals surface area contributed by atoms with Crippen molar-refractivity contribution >= 4 is 5.91 Å². The maximum atomic E-state index is 11.8. The van der Waals surface area contributed by atoms with E-state index in [2.05, 4.69) is 10.6 Å². The molecule has 1 heterocycles. The van der Waals surface area contributed by atoms with Crippen LogP contribution in [0.4, 0.5) is 0 Å². The molecule has 2 rings (SSSR count). The summed E-state index contributed by atoms with van der Waals surface area (Å²) in [5.74, 6) is 0.324. The number of carbonyl (C=O) groups is 1. The molecule has 4 heteroatoms. The van der Waals surface area contributed by atoms with Gasteiger partial charge in [-0.3, -0.25) is 4.79 Å². The molecule has 2 aliphatic rings. The Morgan fingerprint density at radius 3 is 2.53 bits per heavy atom. The number of carbonyl (C=O) groups excluding carboxylic acids is 1. The average molecular weight is 212 g/mol. The highest BCUT2D eigenvalue weighted by Crippen LogP contribution is 2.24. The van der Waals surface area contributed by atoms with Gasteiger partial charge in [-0.25, -0.2) is 0 Å². The highest BCUT2D eigenvalue weighted by atomic mass is 16.3. The summed E-state index contributed by atoms with van der Waals surface area (Å²) >= 11 is 0. The molecule has 0 aromatic heterocycles. The summed E-state index contributed by atoms with van der Waals surface area (Å²) < 4.78 is 0. The molecule has 0 bridgehead atoms. The Morgan fingerprint density at radius 1 is 1.20 bits per heavy atom. The summed E-state index contributed by atoms with van der Waals surface area (Å²) in [4.78, 5) is 11.8. The van der Waals surface area contributed by atoms with Crippen LogP contribution in [0.3, 0.4) is 0 Å². The van der Waals surface area contributed by atoms with E-state index in [0.29, 0.717) is 6.04 Å². The minimum atomic E-state index is -0.179. The summed E-state index contributed by atoms with van der Waals surface area (Å²) in [6.07, 6.45) is 4.10. The summed E-state index contributed by atoms with van der Waals surface area (Å²) in [7, 11) is 0. The summed E-state index contributed by atoms with van der Waals surface area (Å²) in [6.45, 7) is 1.91. The summed E-state index contributed by atoms with van der Waals surface area (Å²) in [6, 6.07) is 0.323. The lowest BCUT2D eigenvalue weighted by atomic mass is 9.87. The van der Waals surface area contributed by atoms with Crippen molar-refractivity contribution in [3.63, 3.8) is 0 Å². The molecular weight excluding hydrogens is 192 g/mol. The van der Waals surface area contributed by atoms with E-state index < -0.39 is 0 Å². The molecule has 4 nitrogen and oxygen atoms in total. The highest BCUT2D eigenvalue weighted by Gasteiger charge is 2.27. The van der Waals surface area contributed by atoms with Gasteiger partial charge >= 0.3 is 0 Å². The van der Waals surface area contributed by atoms with Gasteiger partial charge in [0.1, 0.15) is 0 Å². The van der Waals surface area contributed by atoms with Gasteiger partial charge in [-0.15, -0.1) is 0 Å². The molecule has 86 valence electrons.